The summed E-state index contributed by atoms with van der Waals surface area (Å²) in [7, 11) is 2.09. The van der Waals surface area contributed by atoms with Crippen molar-refractivity contribution in [3.63, 3.8) is 0 Å². The zero-order valence-electron chi connectivity index (χ0n) is 12.3. The Bertz CT molecular complexity index is 377. The average molecular weight is 280 g/mol. The van der Waals surface area contributed by atoms with Gasteiger partial charge in [0.25, 0.3) is 0 Å². The summed E-state index contributed by atoms with van der Waals surface area (Å²) in [4.78, 5) is 2.25. The molecule has 0 bridgehead atoms. The van der Waals surface area contributed by atoms with Crippen molar-refractivity contribution in [3.05, 3.63) is 35.6 Å². The number of hydrogen-bond acceptors (Lipinski definition) is 3. The van der Waals surface area contributed by atoms with Crippen LogP contribution in [0.4, 0.5) is 4.39 Å². The van der Waals surface area contributed by atoms with Gasteiger partial charge in [0.15, 0.2) is 0 Å². The van der Waals surface area contributed by atoms with Gasteiger partial charge in [0, 0.05) is 19.7 Å². The van der Waals surface area contributed by atoms with Gasteiger partial charge in [-0.05, 0) is 57.1 Å². The number of rotatable bonds is 7. The van der Waals surface area contributed by atoms with Gasteiger partial charge in [-0.2, -0.15) is 0 Å². The molecule has 112 valence electrons. The second-order valence-corrected chi connectivity index (χ2v) is 5.54. The molecule has 0 radical (unpaired) electrons. The molecule has 1 N–H and O–H groups in total. The molecule has 0 aromatic heterocycles. The standard InChI is InChI=1S/C16H25FN2O/c1-19(13-14-3-5-15(17)6-4-14)11-2-12-20-16-7-9-18-10-8-16/h3-6,16,18H,2,7-13H2,1H3. The van der Waals surface area contributed by atoms with Crippen molar-refractivity contribution in [1.29, 1.82) is 0 Å². The molecule has 0 atom stereocenters. The Morgan fingerprint density at radius 2 is 1.95 bits per heavy atom. The van der Waals surface area contributed by atoms with Gasteiger partial charge in [-0.25, -0.2) is 4.39 Å². The first-order valence-electron chi connectivity index (χ1n) is 7.49. The Hall–Kier alpha value is -0.970. The molecule has 0 unspecified atom stereocenters. The molecular formula is C16H25FN2O. The summed E-state index contributed by atoms with van der Waals surface area (Å²) < 4.78 is 18.7. The normalized spacial score (nSPS) is 16.8. The highest BCUT2D eigenvalue weighted by Crippen LogP contribution is 2.08. The van der Waals surface area contributed by atoms with E-state index in [0.29, 0.717) is 6.10 Å². The van der Waals surface area contributed by atoms with Gasteiger partial charge in [-0.1, -0.05) is 12.1 Å². The highest BCUT2D eigenvalue weighted by atomic mass is 19.1. The van der Waals surface area contributed by atoms with Gasteiger partial charge in [0.1, 0.15) is 5.82 Å². The van der Waals surface area contributed by atoms with E-state index in [9.17, 15) is 4.39 Å². The Morgan fingerprint density at radius 1 is 1.25 bits per heavy atom. The van der Waals surface area contributed by atoms with E-state index in [0.717, 1.165) is 57.6 Å². The maximum absolute atomic E-state index is 12.8. The average Bonchev–Trinajstić information content (AvgIpc) is 2.47. The molecule has 0 saturated carbocycles. The van der Waals surface area contributed by atoms with Gasteiger partial charge in [-0.15, -0.1) is 0 Å². The molecule has 1 aromatic carbocycles. The van der Waals surface area contributed by atoms with E-state index >= 15 is 0 Å². The summed E-state index contributed by atoms with van der Waals surface area (Å²) in [6.45, 7) is 4.85. The van der Waals surface area contributed by atoms with Crippen molar-refractivity contribution in [2.45, 2.75) is 31.9 Å². The van der Waals surface area contributed by atoms with Gasteiger partial charge in [0.2, 0.25) is 0 Å². The SMILES string of the molecule is CN(CCCOC1CCNCC1)Cc1ccc(F)cc1. The first-order chi connectivity index (χ1) is 9.74. The van der Waals surface area contributed by atoms with Gasteiger partial charge >= 0.3 is 0 Å². The Balaban J connectivity index is 1.57. The predicted molar refractivity (Wildman–Crippen MR) is 79.2 cm³/mol. The summed E-state index contributed by atoms with van der Waals surface area (Å²) in [5.41, 5.74) is 1.15. The summed E-state index contributed by atoms with van der Waals surface area (Å²) in [5.74, 6) is -0.174. The van der Waals surface area contributed by atoms with Crippen molar-refractivity contribution in [2.75, 3.05) is 33.3 Å². The zero-order valence-corrected chi connectivity index (χ0v) is 12.3. The van der Waals surface area contributed by atoms with Gasteiger partial charge in [0.05, 0.1) is 6.10 Å². The quantitative estimate of drug-likeness (QED) is 0.776. The Labute approximate surface area is 121 Å². The minimum Gasteiger partial charge on any atom is -0.378 e. The molecule has 1 saturated heterocycles. The maximum atomic E-state index is 12.8. The van der Waals surface area contributed by atoms with Crippen LogP contribution in [0.5, 0.6) is 0 Å². The van der Waals surface area contributed by atoms with E-state index in [2.05, 4.69) is 17.3 Å². The molecule has 1 aromatic rings. The Morgan fingerprint density at radius 3 is 2.65 bits per heavy atom. The van der Waals surface area contributed by atoms with E-state index in [4.69, 9.17) is 4.74 Å². The lowest BCUT2D eigenvalue weighted by Crippen LogP contribution is -2.33. The summed E-state index contributed by atoms with van der Waals surface area (Å²) in [6, 6.07) is 6.72. The molecule has 4 heteroatoms. The second kappa shape index (κ2) is 8.35. The number of halogens is 1. The number of benzene rings is 1. The van der Waals surface area contributed by atoms with Crippen molar-refractivity contribution in [1.82, 2.24) is 10.2 Å². The van der Waals surface area contributed by atoms with Crippen LogP contribution < -0.4 is 5.32 Å². The maximum Gasteiger partial charge on any atom is 0.123 e. The lowest BCUT2D eigenvalue weighted by Gasteiger charge is -2.23. The topological polar surface area (TPSA) is 24.5 Å². The number of nitrogens with one attached hydrogen (secondary N) is 1. The summed E-state index contributed by atoms with van der Waals surface area (Å²) >= 11 is 0. The van der Waals surface area contributed by atoms with E-state index < -0.39 is 0 Å². The van der Waals surface area contributed by atoms with Crippen LogP contribution in [0.25, 0.3) is 0 Å². The van der Waals surface area contributed by atoms with Crippen LogP contribution in [-0.4, -0.2) is 44.3 Å². The van der Waals surface area contributed by atoms with Crippen molar-refractivity contribution >= 4 is 0 Å². The number of nitrogens with zero attached hydrogens (tertiary/aromatic N) is 1. The third-order valence-electron chi connectivity index (χ3n) is 3.69. The van der Waals surface area contributed by atoms with Crippen LogP contribution in [0.3, 0.4) is 0 Å². The second-order valence-electron chi connectivity index (χ2n) is 5.54. The monoisotopic (exact) mass is 280 g/mol. The van der Waals surface area contributed by atoms with E-state index in [1.807, 2.05) is 12.1 Å². The first-order valence-corrected chi connectivity index (χ1v) is 7.49. The third kappa shape index (κ3) is 5.57. The molecule has 1 fully saturated rings. The molecule has 0 aliphatic carbocycles. The molecule has 0 amide bonds. The van der Waals surface area contributed by atoms with Crippen LogP contribution in [-0.2, 0) is 11.3 Å². The van der Waals surface area contributed by atoms with Crippen LogP contribution in [0.2, 0.25) is 0 Å². The fourth-order valence-corrected chi connectivity index (χ4v) is 2.53. The number of hydrogen-bond donors (Lipinski definition) is 1. The minimum absolute atomic E-state index is 0.174. The molecule has 1 heterocycles. The van der Waals surface area contributed by atoms with Gasteiger partial charge in [-0.3, -0.25) is 0 Å². The largest absolute Gasteiger partial charge is 0.378 e. The van der Waals surface area contributed by atoms with Gasteiger partial charge < -0.3 is 15.0 Å². The van der Waals surface area contributed by atoms with Crippen LogP contribution in [0, 0.1) is 5.82 Å². The van der Waals surface area contributed by atoms with Crippen molar-refractivity contribution < 1.29 is 9.13 Å². The summed E-state index contributed by atoms with van der Waals surface area (Å²) in [5, 5.41) is 3.34. The Kier molecular flexibility index (Phi) is 6.43. The van der Waals surface area contributed by atoms with Crippen molar-refractivity contribution in [3.8, 4) is 0 Å². The smallest absolute Gasteiger partial charge is 0.123 e. The first kappa shape index (κ1) is 15.4. The third-order valence-corrected chi connectivity index (χ3v) is 3.69. The zero-order chi connectivity index (χ0) is 14.2. The molecule has 3 nitrogen and oxygen atoms in total. The summed E-state index contributed by atoms with van der Waals surface area (Å²) in [6.07, 6.45) is 3.75. The lowest BCUT2D eigenvalue weighted by atomic mass is 10.1. The lowest BCUT2D eigenvalue weighted by molar-refractivity contribution is 0.0284. The highest BCUT2D eigenvalue weighted by molar-refractivity contribution is 5.15. The highest BCUT2D eigenvalue weighted by Gasteiger charge is 2.12. The van der Waals surface area contributed by atoms with Crippen LogP contribution >= 0.6 is 0 Å². The predicted octanol–water partition coefficient (Wildman–Crippen LogP) is 2.42. The number of piperidine rings is 1. The van der Waals surface area contributed by atoms with Crippen molar-refractivity contribution in [2.24, 2.45) is 0 Å². The fraction of sp³-hybridized carbons (Fsp3) is 0.625. The molecule has 0 spiro atoms. The molecular weight excluding hydrogens is 255 g/mol. The van der Waals surface area contributed by atoms with E-state index in [1.165, 1.54) is 12.1 Å². The fourth-order valence-electron chi connectivity index (χ4n) is 2.53. The molecule has 1 aliphatic heterocycles. The molecule has 2 rings (SSSR count). The number of ether oxygens (including phenoxy) is 1. The van der Waals surface area contributed by atoms with E-state index in [1.54, 1.807) is 0 Å². The van der Waals surface area contributed by atoms with Crippen LogP contribution in [0.15, 0.2) is 24.3 Å². The molecule has 20 heavy (non-hydrogen) atoms. The van der Waals surface area contributed by atoms with Crippen LogP contribution in [0.1, 0.15) is 24.8 Å². The minimum atomic E-state index is -0.174. The van der Waals surface area contributed by atoms with E-state index in [-0.39, 0.29) is 5.82 Å². The molecule has 1 aliphatic rings.